The van der Waals surface area contributed by atoms with E-state index in [0.29, 0.717) is 17.7 Å². The summed E-state index contributed by atoms with van der Waals surface area (Å²) in [7, 11) is 0. The summed E-state index contributed by atoms with van der Waals surface area (Å²) >= 11 is 3.26. The summed E-state index contributed by atoms with van der Waals surface area (Å²) in [4.78, 5) is 11.2. The van der Waals surface area contributed by atoms with Crippen LogP contribution in [-0.4, -0.2) is 12.6 Å². The van der Waals surface area contributed by atoms with Crippen molar-refractivity contribution in [3.8, 4) is 0 Å². The van der Waals surface area contributed by atoms with Gasteiger partial charge in [-0.3, -0.25) is 4.79 Å². The van der Waals surface area contributed by atoms with Gasteiger partial charge in [0.05, 0.1) is 13.0 Å². The van der Waals surface area contributed by atoms with Crippen molar-refractivity contribution in [2.45, 2.75) is 20.3 Å². The molecule has 0 atom stereocenters. The Balaban J connectivity index is 2.89. The lowest BCUT2D eigenvalue weighted by Crippen LogP contribution is -2.09. The van der Waals surface area contributed by atoms with Gasteiger partial charge in [0.2, 0.25) is 0 Å². The molecular formula is C11H12BrFO2. The van der Waals surface area contributed by atoms with Crippen molar-refractivity contribution in [1.82, 2.24) is 0 Å². The predicted octanol–water partition coefficient (Wildman–Crippen LogP) is 3.00. The highest BCUT2D eigenvalue weighted by Crippen LogP contribution is 2.20. The minimum atomic E-state index is -0.408. The molecule has 15 heavy (non-hydrogen) atoms. The van der Waals surface area contributed by atoms with Gasteiger partial charge in [0.15, 0.2) is 0 Å². The Kier molecular flexibility index (Phi) is 4.27. The molecule has 0 aliphatic rings. The zero-order valence-corrected chi connectivity index (χ0v) is 10.2. The fourth-order valence-electron chi connectivity index (χ4n) is 1.29. The zero-order chi connectivity index (χ0) is 11.4. The van der Waals surface area contributed by atoms with Gasteiger partial charge in [-0.05, 0) is 31.5 Å². The van der Waals surface area contributed by atoms with Gasteiger partial charge in [-0.2, -0.15) is 0 Å². The molecule has 0 heterocycles. The first kappa shape index (κ1) is 12.2. The van der Waals surface area contributed by atoms with E-state index in [1.54, 1.807) is 26.0 Å². The van der Waals surface area contributed by atoms with E-state index < -0.39 is 5.97 Å². The van der Waals surface area contributed by atoms with Crippen LogP contribution in [0.1, 0.15) is 18.1 Å². The van der Waals surface area contributed by atoms with Crippen molar-refractivity contribution in [2.75, 3.05) is 6.61 Å². The first-order valence-electron chi connectivity index (χ1n) is 4.64. The monoisotopic (exact) mass is 274 g/mol. The lowest BCUT2D eigenvalue weighted by molar-refractivity contribution is -0.142. The number of carbonyl (C=O) groups is 1. The third kappa shape index (κ3) is 3.30. The van der Waals surface area contributed by atoms with Crippen LogP contribution >= 0.6 is 15.9 Å². The maximum absolute atomic E-state index is 13.6. The molecule has 0 aliphatic heterocycles. The van der Waals surface area contributed by atoms with Gasteiger partial charge in [-0.25, -0.2) is 4.39 Å². The van der Waals surface area contributed by atoms with Crippen LogP contribution in [0.25, 0.3) is 0 Å². The number of halogens is 2. The number of esters is 1. The van der Waals surface area contributed by atoms with E-state index in [1.165, 1.54) is 0 Å². The van der Waals surface area contributed by atoms with Crippen LogP contribution in [0.3, 0.4) is 0 Å². The Hall–Kier alpha value is -0.900. The Bertz CT molecular complexity index is 377. The van der Waals surface area contributed by atoms with Gasteiger partial charge in [-0.15, -0.1) is 0 Å². The van der Waals surface area contributed by atoms with Crippen molar-refractivity contribution in [3.63, 3.8) is 0 Å². The smallest absolute Gasteiger partial charge is 0.310 e. The molecule has 0 aliphatic carbocycles. The van der Waals surface area contributed by atoms with Crippen LogP contribution in [0.15, 0.2) is 16.6 Å². The number of aryl methyl sites for hydroxylation is 1. The van der Waals surface area contributed by atoms with Gasteiger partial charge >= 0.3 is 5.97 Å². The second kappa shape index (κ2) is 5.26. The molecule has 82 valence electrons. The second-order valence-corrected chi connectivity index (χ2v) is 4.09. The Morgan fingerprint density at radius 1 is 1.53 bits per heavy atom. The van der Waals surface area contributed by atoms with Gasteiger partial charge in [0.1, 0.15) is 5.82 Å². The minimum absolute atomic E-state index is 0.0278. The van der Waals surface area contributed by atoms with E-state index in [2.05, 4.69) is 15.9 Å². The molecule has 4 heteroatoms. The van der Waals surface area contributed by atoms with E-state index >= 15 is 0 Å². The van der Waals surface area contributed by atoms with Crippen LogP contribution in [0.4, 0.5) is 4.39 Å². The van der Waals surface area contributed by atoms with Crippen molar-refractivity contribution >= 4 is 21.9 Å². The highest BCUT2D eigenvalue weighted by Gasteiger charge is 2.11. The van der Waals surface area contributed by atoms with Crippen LogP contribution in [0.2, 0.25) is 0 Å². The van der Waals surface area contributed by atoms with Gasteiger partial charge in [0, 0.05) is 10.0 Å². The number of hydrogen-bond acceptors (Lipinski definition) is 2. The summed E-state index contributed by atoms with van der Waals surface area (Å²) in [6, 6.07) is 3.27. The predicted molar refractivity (Wildman–Crippen MR) is 59.2 cm³/mol. The third-order valence-corrected chi connectivity index (χ3v) is 2.39. The van der Waals surface area contributed by atoms with E-state index in [1.807, 2.05) is 0 Å². The van der Waals surface area contributed by atoms with Crippen molar-refractivity contribution in [2.24, 2.45) is 0 Å². The average Bonchev–Trinajstić information content (AvgIpc) is 2.13. The lowest BCUT2D eigenvalue weighted by Gasteiger charge is -2.06. The van der Waals surface area contributed by atoms with E-state index in [4.69, 9.17) is 4.74 Å². The highest BCUT2D eigenvalue weighted by molar-refractivity contribution is 9.10. The topological polar surface area (TPSA) is 26.3 Å². The van der Waals surface area contributed by atoms with Crippen molar-refractivity contribution in [3.05, 3.63) is 33.5 Å². The standard InChI is InChI=1S/C11H12BrFO2/c1-3-15-10(14)6-8-5-9(12)4-7(2)11(8)13/h4-5H,3,6H2,1-2H3. The Morgan fingerprint density at radius 3 is 2.80 bits per heavy atom. The van der Waals surface area contributed by atoms with Gasteiger partial charge in [0.25, 0.3) is 0 Å². The molecule has 1 aromatic carbocycles. The number of hydrogen-bond donors (Lipinski definition) is 0. The quantitative estimate of drug-likeness (QED) is 0.793. The summed E-state index contributed by atoms with van der Waals surface area (Å²) in [6.07, 6.45) is -0.0278. The Labute approximate surface area is 96.6 Å². The minimum Gasteiger partial charge on any atom is -0.466 e. The molecule has 0 amide bonds. The lowest BCUT2D eigenvalue weighted by atomic mass is 10.1. The largest absolute Gasteiger partial charge is 0.466 e. The van der Waals surface area contributed by atoms with Crippen LogP contribution in [-0.2, 0) is 16.0 Å². The fraction of sp³-hybridized carbons (Fsp3) is 0.364. The molecule has 0 saturated carbocycles. The summed E-state index contributed by atoms with van der Waals surface area (Å²) in [5, 5.41) is 0. The first-order valence-corrected chi connectivity index (χ1v) is 5.44. The number of carbonyl (C=O) groups excluding carboxylic acids is 1. The van der Waals surface area contributed by atoms with Crippen molar-refractivity contribution < 1.29 is 13.9 Å². The molecule has 0 N–H and O–H groups in total. The molecule has 0 spiro atoms. The molecule has 2 nitrogen and oxygen atoms in total. The molecule has 0 bridgehead atoms. The van der Waals surface area contributed by atoms with E-state index in [0.717, 1.165) is 4.47 Å². The molecule has 0 radical (unpaired) electrons. The maximum atomic E-state index is 13.6. The average molecular weight is 275 g/mol. The first-order chi connectivity index (χ1) is 7.04. The molecule has 1 aromatic rings. The number of benzene rings is 1. The number of rotatable bonds is 3. The normalized spacial score (nSPS) is 10.1. The van der Waals surface area contributed by atoms with Crippen molar-refractivity contribution in [1.29, 1.82) is 0 Å². The van der Waals surface area contributed by atoms with E-state index in [-0.39, 0.29) is 12.2 Å². The Morgan fingerprint density at radius 2 is 2.20 bits per heavy atom. The van der Waals surface area contributed by atoms with E-state index in [9.17, 15) is 9.18 Å². The summed E-state index contributed by atoms with van der Waals surface area (Å²) in [5.41, 5.74) is 0.879. The SMILES string of the molecule is CCOC(=O)Cc1cc(Br)cc(C)c1F. The zero-order valence-electron chi connectivity index (χ0n) is 8.64. The summed E-state index contributed by atoms with van der Waals surface area (Å²) < 4.78 is 19.1. The second-order valence-electron chi connectivity index (χ2n) is 3.18. The molecule has 0 saturated heterocycles. The van der Waals surface area contributed by atoms with Crippen LogP contribution in [0.5, 0.6) is 0 Å². The summed E-state index contributed by atoms with van der Waals surface area (Å²) in [5.74, 6) is -0.750. The summed E-state index contributed by atoms with van der Waals surface area (Å²) in [6.45, 7) is 3.70. The van der Waals surface area contributed by atoms with Crippen LogP contribution in [0, 0.1) is 12.7 Å². The number of ether oxygens (including phenoxy) is 1. The molecule has 0 aromatic heterocycles. The molecule has 0 fully saturated rings. The third-order valence-electron chi connectivity index (χ3n) is 1.93. The van der Waals surface area contributed by atoms with Gasteiger partial charge < -0.3 is 4.74 Å². The van der Waals surface area contributed by atoms with Crippen LogP contribution < -0.4 is 0 Å². The molecule has 1 rings (SSSR count). The molecular weight excluding hydrogens is 263 g/mol. The maximum Gasteiger partial charge on any atom is 0.310 e. The molecule has 0 unspecified atom stereocenters. The highest BCUT2D eigenvalue weighted by atomic mass is 79.9. The fourth-order valence-corrected chi connectivity index (χ4v) is 1.91. The van der Waals surface area contributed by atoms with Gasteiger partial charge in [-0.1, -0.05) is 15.9 Å².